The van der Waals surface area contributed by atoms with Crippen LogP contribution in [0, 0.1) is 11.3 Å². The summed E-state index contributed by atoms with van der Waals surface area (Å²) in [6.45, 7) is -0.173. The molecule has 1 amide bonds. The van der Waals surface area contributed by atoms with Crippen molar-refractivity contribution in [3.63, 3.8) is 0 Å². The Labute approximate surface area is 154 Å². The molecule has 8 heteroatoms. The average Bonchev–Trinajstić information content (AvgIpc) is 3.27. The first-order valence-corrected chi connectivity index (χ1v) is 8.96. The number of carbonyl (C=O) groups is 1. The summed E-state index contributed by atoms with van der Waals surface area (Å²) < 4.78 is 52.2. The van der Waals surface area contributed by atoms with Gasteiger partial charge in [-0.15, -0.1) is 0 Å². The molecule has 2 aliphatic rings. The minimum absolute atomic E-state index is 0.0394. The normalized spacial score (nSPS) is 26.0. The van der Waals surface area contributed by atoms with Crippen LogP contribution in [0.4, 0.5) is 17.6 Å². The van der Waals surface area contributed by atoms with E-state index < -0.39 is 41.3 Å². The first kappa shape index (κ1) is 19.6. The molecular weight excluding hydrogens is 362 g/mol. The highest BCUT2D eigenvalue weighted by atomic mass is 19.4. The molecule has 2 N–H and O–H groups in total. The summed E-state index contributed by atoms with van der Waals surface area (Å²) in [7, 11) is 0. The number of hydrogen-bond acceptors (Lipinski definition) is 3. The van der Waals surface area contributed by atoms with Crippen LogP contribution in [0.2, 0.25) is 0 Å². The number of nitrogens with zero attached hydrogens (tertiary/aromatic N) is 2. The lowest BCUT2D eigenvalue weighted by Crippen LogP contribution is -2.55. The van der Waals surface area contributed by atoms with Crippen molar-refractivity contribution in [3.05, 3.63) is 35.4 Å². The second-order valence-corrected chi connectivity index (χ2v) is 7.38. The Morgan fingerprint density at radius 3 is 2.37 bits per heavy atom. The number of rotatable bonds is 3. The monoisotopic (exact) mass is 383 g/mol. The molecule has 3 rings (SSSR count). The van der Waals surface area contributed by atoms with Gasteiger partial charge >= 0.3 is 6.18 Å². The highest BCUT2D eigenvalue weighted by molar-refractivity contribution is 5.84. The molecule has 1 aliphatic carbocycles. The maximum absolute atomic E-state index is 13.7. The smallest absolute Gasteiger partial charge is 0.322 e. The number of nitriles is 1. The largest absolute Gasteiger partial charge is 0.416 e. The molecule has 146 valence electrons. The van der Waals surface area contributed by atoms with Crippen molar-refractivity contribution in [1.82, 2.24) is 4.90 Å². The molecule has 3 atom stereocenters. The van der Waals surface area contributed by atoms with E-state index in [0.717, 1.165) is 25.0 Å². The van der Waals surface area contributed by atoms with Crippen molar-refractivity contribution >= 4 is 5.91 Å². The van der Waals surface area contributed by atoms with E-state index in [2.05, 4.69) is 0 Å². The van der Waals surface area contributed by atoms with Crippen molar-refractivity contribution in [2.24, 2.45) is 5.73 Å². The fraction of sp³-hybridized carbons (Fsp3) is 0.579. The fourth-order valence-corrected chi connectivity index (χ4v) is 4.34. The topological polar surface area (TPSA) is 70.1 Å². The Balaban J connectivity index is 1.90. The third-order valence-corrected chi connectivity index (χ3v) is 5.83. The number of halogens is 4. The molecule has 0 bridgehead atoms. The number of hydrogen-bond donors (Lipinski definition) is 1. The summed E-state index contributed by atoms with van der Waals surface area (Å²) in [5.74, 6) is -0.511. The van der Waals surface area contributed by atoms with Gasteiger partial charge in [-0.25, -0.2) is 4.39 Å². The van der Waals surface area contributed by atoms with Crippen LogP contribution in [0.3, 0.4) is 0 Å². The van der Waals surface area contributed by atoms with Gasteiger partial charge in [0.2, 0.25) is 5.91 Å². The van der Waals surface area contributed by atoms with Gasteiger partial charge in [-0.3, -0.25) is 4.79 Å². The molecule has 1 aliphatic heterocycles. The number of carbonyl (C=O) groups excluding carboxylic acids is 1. The van der Waals surface area contributed by atoms with Crippen molar-refractivity contribution in [2.45, 2.75) is 62.0 Å². The first-order chi connectivity index (χ1) is 12.7. The number of likely N-dealkylation sites (tertiary alicyclic amines) is 1. The molecule has 0 radical (unpaired) electrons. The van der Waals surface area contributed by atoms with E-state index in [-0.39, 0.29) is 13.0 Å². The zero-order chi connectivity index (χ0) is 19.8. The number of nitrogens with two attached hydrogens (primary N) is 1. The predicted octanol–water partition coefficient (Wildman–Crippen LogP) is 3.31. The van der Waals surface area contributed by atoms with Gasteiger partial charge in [-0.05, 0) is 30.5 Å². The second kappa shape index (κ2) is 7.12. The van der Waals surface area contributed by atoms with Gasteiger partial charge in [0.25, 0.3) is 0 Å². The summed E-state index contributed by atoms with van der Waals surface area (Å²) >= 11 is 0. The summed E-state index contributed by atoms with van der Waals surface area (Å²) in [5, 5.41) is 9.18. The van der Waals surface area contributed by atoms with Crippen molar-refractivity contribution in [1.29, 1.82) is 5.26 Å². The molecule has 2 fully saturated rings. The van der Waals surface area contributed by atoms with Gasteiger partial charge in [0.05, 0.1) is 24.2 Å². The lowest BCUT2D eigenvalue weighted by Gasteiger charge is -2.37. The summed E-state index contributed by atoms with van der Waals surface area (Å²) in [6, 6.07) is 4.80. The molecule has 1 saturated carbocycles. The van der Waals surface area contributed by atoms with E-state index in [1.807, 2.05) is 6.07 Å². The summed E-state index contributed by atoms with van der Waals surface area (Å²) in [5.41, 5.74) is 5.34. The third kappa shape index (κ3) is 3.53. The second-order valence-electron chi connectivity index (χ2n) is 7.38. The predicted molar refractivity (Wildman–Crippen MR) is 90.2 cm³/mol. The molecule has 1 heterocycles. The third-order valence-electron chi connectivity index (χ3n) is 5.83. The van der Waals surface area contributed by atoms with Gasteiger partial charge < -0.3 is 10.6 Å². The number of alkyl halides is 4. The Bertz CT molecular complexity index is 735. The Kier molecular flexibility index (Phi) is 5.17. The minimum Gasteiger partial charge on any atom is -0.322 e. The lowest BCUT2D eigenvalue weighted by atomic mass is 9.72. The quantitative estimate of drug-likeness (QED) is 0.814. The first-order valence-electron chi connectivity index (χ1n) is 8.96. The average molecular weight is 383 g/mol. The molecular formula is C19H21F4N3O. The molecule has 1 aromatic rings. The molecule has 1 saturated heterocycles. The van der Waals surface area contributed by atoms with Crippen LogP contribution in [0.25, 0.3) is 0 Å². The Morgan fingerprint density at radius 1 is 1.26 bits per heavy atom. The van der Waals surface area contributed by atoms with Gasteiger partial charge in [0, 0.05) is 11.8 Å². The molecule has 0 aromatic heterocycles. The van der Waals surface area contributed by atoms with E-state index in [9.17, 15) is 27.6 Å². The van der Waals surface area contributed by atoms with Crippen LogP contribution in [0.15, 0.2) is 24.3 Å². The van der Waals surface area contributed by atoms with E-state index in [1.165, 1.54) is 17.0 Å². The van der Waals surface area contributed by atoms with Crippen LogP contribution >= 0.6 is 0 Å². The highest BCUT2D eigenvalue weighted by Crippen LogP contribution is 2.44. The van der Waals surface area contributed by atoms with E-state index in [1.54, 1.807) is 0 Å². The maximum Gasteiger partial charge on any atom is 0.416 e. The Morgan fingerprint density at radius 2 is 1.85 bits per heavy atom. The van der Waals surface area contributed by atoms with Gasteiger partial charge in [-0.2, -0.15) is 18.4 Å². The van der Waals surface area contributed by atoms with E-state index >= 15 is 0 Å². The van der Waals surface area contributed by atoms with Crippen molar-refractivity contribution in [2.75, 3.05) is 6.54 Å². The van der Waals surface area contributed by atoms with Crippen LogP contribution in [0.5, 0.6) is 0 Å². The summed E-state index contributed by atoms with van der Waals surface area (Å²) in [6.07, 6.45) is -3.01. The van der Waals surface area contributed by atoms with Crippen molar-refractivity contribution in [3.8, 4) is 6.07 Å². The highest BCUT2D eigenvalue weighted by Gasteiger charge is 2.48. The zero-order valence-corrected chi connectivity index (χ0v) is 14.7. The zero-order valence-electron chi connectivity index (χ0n) is 14.7. The van der Waals surface area contributed by atoms with Crippen molar-refractivity contribution < 1.29 is 22.4 Å². The SMILES string of the molecule is N#C[C@@H]1C[C@H](F)CN1C(=O)[C@@H](N)C1(c2ccc(C(F)(F)F)cc2)CCCC1. The molecule has 1 aromatic carbocycles. The molecule has 0 unspecified atom stereocenters. The van der Waals surface area contributed by atoms with Gasteiger partial charge in [-0.1, -0.05) is 25.0 Å². The van der Waals surface area contributed by atoms with Crippen LogP contribution in [0.1, 0.15) is 43.2 Å². The summed E-state index contributed by atoms with van der Waals surface area (Å²) in [4.78, 5) is 14.1. The number of benzene rings is 1. The molecule has 4 nitrogen and oxygen atoms in total. The standard InChI is InChI=1S/C19H21F4N3O/c20-14-9-15(10-24)26(11-14)17(27)16(25)18(7-1-2-8-18)12-3-5-13(6-4-12)19(21,22)23/h3-6,14-16H,1-2,7-9,11,25H2/t14-,15-,16+/m0/s1. The Hall–Kier alpha value is -2.14. The van der Waals surface area contributed by atoms with E-state index in [0.29, 0.717) is 18.4 Å². The maximum atomic E-state index is 13.7. The molecule has 0 spiro atoms. The lowest BCUT2D eigenvalue weighted by molar-refractivity contribution is -0.138. The van der Waals surface area contributed by atoms with E-state index in [4.69, 9.17) is 5.73 Å². The van der Waals surface area contributed by atoms with Gasteiger partial charge in [0.1, 0.15) is 12.2 Å². The van der Waals surface area contributed by atoms with Crippen LogP contribution < -0.4 is 5.73 Å². The molecule has 27 heavy (non-hydrogen) atoms. The minimum atomic E-state index is -4.44. The van der Waals surface area contributed by atoms with Crippen LogP contribution in [-0.2, 0) is 16.4 Å². The fourth-order valence-electron chi connectivity index (χ4n) is 4.34. The van der Waals surface area contributed by atoms with Gasteiger partial charge in [0.15, 0.2) is 0 Å². The van der Waals surface area contributed by atoms with Crippen LogP contribution in [-0.4, -0.2) is 35.6 Å². The number of amides is 1.